The van der Waals surface area contributed by atoms with Gasteiger partial charge in [0.05, 0.1) is 0 Å². The molecule has 0 saturated carbocycles. The molecular weight excluding hydrogens is 278 g/mol. The minimum absolute atomic E-state index is 0.696. The lowest BCUT2D eigenvalue weighted by Gasteiger charge is -2.17. The van der Waals surface area contributed by atoms with E-state index in [0.717, 1.165) is 24.3 Å². The zero-order valence-electron chi connectivity index (χ0n) is 12.8. The van der Waals surface area contributed by atoms with Gasteiger partial charge >= 0.3 is 0 Å². The zero-order chi connectivity index (χ0) is 14.5. The predicted octanol–water partition coefficient (Wildman–Crippen LogP) is 2.46. The third kappa shape index (κ3) is 3.94. The van der Waals surface area contributed by atoms with Gasteiger partial charge in [0, 0.05) is 25.4 Å². The largest absolute Gasteiger partial charge is 0.356 e. The molecule has 0 aromatic heterocycles. The average Bonchev–Trinajstić information content (AvgIpc) is 3.16. The van der Waals surface area contributed by atoms with Crippen molar-refractivity contribution in [2.45, 2.75) is 30.9 Å². The minimum Gasteiger partial charge on any atom is -0.356 e. The Morgan fingerprint density at radius 1 is 1.19 bits per heavy atom. The fraction of sp³-hybridized carbons (Fsp3) is 0.588. The molecule has 1 fully saturated rings. The molecule has 3 nitrogen and oxygen atoms in total. The van der Waals surface area contributed by atoms with E-state index in [1.165, 1.54) is 42.6 Å². The number of rotatable bonds is 4. The molecular formula is C17H25N3S. The first-order chi connectivity index (χ1) is 10.3. The van der Waals surface area contributed by atoms with E-state index in [-0.39, 0.29) is 0 Å². The van der Waals surface area contributed by atoms with Gasteiger partial charge in [-0.05, 0) is 48.5 Å². The van der Waals surface area contributed by atoms with Crippen molar-refractivity contribution in [2.24, 2.45) is 10.9 Å². The Bertz CT molecular complexity index is 470. The Labute approximate surface area is 132 Å². The normalized spacial score (nSPS) is 22.3. The van der Waals surface area contributed by atoms with E-state index in [1.807, 2.05) is 7.05 Å². The second-order valence-corrected chi connectivity index (χ2v) is 7.42. The maximum Gasteiger partial charge on any atom is 0.191 e. The lowest BCUT2D eigenvalue weighted by atomic mass is 10.1. The van der Waals surface area contributed by atoms with Crippen molar-refractivity contribution in [3.8, 4) is 0 Å². The van der Waals surface area contributed by atoms with Crippen molar-refractivity contribution in [1.29, 1.82) is 0 Å². The Hall–Kier alpha value is -1.16. The monoisotopic (exact) mass is 303 g/mol. The van der Waals surface area contributed by atoms with Gasteiger partial charge < -0.3 is 10.6 Å². The van der Waals surface area contributed by atoms with E-state index in [9.17, 15) is 0 Å². The van der Waals surface area contributed by atoms with E-state index in [2.05, 4.69) is 51.7 Å². The SMILES string of the molecule is CN=C(NCC1Cc2ccccc2C1)NCC1CCCS1. The maximum absolute atomic E-state index is 4.34. The van der Waals surface area contributed by atoms with Gasteiger partial charge in [-0.3, -0.25) is 4.99 Å². The molecule has 1 aromatic rings. The summed E-state index contributed by atoms with van der Waals surface area (Å²) in [6.45, 7) is 2.04. The first-order valence-electron chi connectivity index (χ1n) is 7.98. The van der Waals surface area contributed by atoms with Crippen molar-refractivity contribution in [1.82, 2.24) is 10.6 Å². The summed E-state index contributed by atoms with van der Waals surface area (Å²) in [7, 11) is 1.86. The van der Waals surface area contributed by atoms with Crippen LogP contribution >= 0.6 is 11.8 Å². The highest BCUT2D eigenvalue weighted by molar-refractivity contribution is 8.00. The van der Waals surface area contributed by atoms with E-state index in [4.69, 9.17) is 0 Å². The highest BCUT2D eigenvalue weighted by Crippen LogP contribution is 2.26. The first-order valence-corrected chi connectivity index (χ1v) is 9.03. The average molecular weight is 303 g/mol. The molecule has 3 rings (SSSR count). The van der Waals surface area contributed by atoms with Crippen LogP contribution in [-0.4, -0.2) is 37.1 Å². The summed E-state index contributed by atoms with van der Waals surface area (Å²) in [6, 6.07) is 8.82. The van der Waals surface area contributed by atoms with Crippen molar-refractivity contribution in [3.05, 3.63) is 35.4 Å². The smallest absolute Gasteiger partial charge is 0.191 e. The molecule has 0 spiro atoms. The second kappa shape index (κ2) is 7.21. The standard InChI is InChI=1S/C17H25N3S/c1-18-17(20-12-16-7-4-8-21-16)19-11-13-9-14-5-2-3-6-15(14)10-13/h2-3,5-6,13,16H,4,7-12H2,1H3,(H2,18,19,20). The third-order valence-electron chi connectivity index (χ3n) is 4.44. The van der Waals surface area contributed by atoms with Crippen LogP contribution < -0.4 is 10.6 Å². The molecule has 1 aliphatic heterocycles. The molecule has 0 bridgehead atoms. The van der Waals surface area contributed by atoms with Crippen LogP contribution in [0.1, 0.15) is 24.0 Å². The van der Waals surface area contributed by atoms with E-state index in [0.29, 0.717) is 5.92 Å². The minimum atomic E-state index is 0.696. The van der Waals surface area contributed by atoms with Crippen LogP contribution in [0.2, 0.25) is 0 Å². The molecule has 1 saturated heterocycles. The van der Waals surface area contributed by atoms with Gasteiger partial charge in [-0.1, -0.05) is 24.3 Å². The number of fused-ring (bicyclic) bond motifs is 1. The van der Waals surface area contributed by atoms with Crippen LogP contribution in [0.3, 0.4) is 0 Å². The van der Waals surface area contributed by atoms with Crippen molar-refractivity contribution < 1.29 is 0 Å². The highest BCUT2D eigenvalue weighted by Gasteiger charge is 2.21. The summed E-state index contributed by atoms with van der Waals surface area (Å²) < 4.78 is 0. The number of benzene rings is 1. The van der Waals surface area contributed by atoms with E-state index < -0.39 is 0 Å². The number of guanidine groups is 1. The van der Waals surface area contributed by atoms with E-state index >= 15 is 0 Å². The summed E-state index contributed by atoms with van der Waals surface area (Å²) in [5, 5.41) is 7.74. The number of hydrogen-bond acceptors (Lipinski definition) is 2. The molecule has 1 aliphatic carbocycles. The van der Waals surface area contributed by atoms with Gasteiger partial charge in [0.2, 0.25) is 0 Å². The number of nitrogens with one attached hydrogen (secondary N) is 2. The molecule has 2 N–H and O–H groups in total. The first kappa shape index (κ1) is 14.8. The lowest BCUT2D eigenvalue weighted by molar-refractivity contribution is 0.541. The van der Waals surface area contributed by atoms with Gasteiger partial charge in [0.25, 0.3) is 0 Å². The predicted molar refractivity (Wildman–Crippen MR) is 92.2 cm³/mol. The number of thioether (sulfide) groups is 1. The summed E-state index contributed by atoms with van der Waals surface area (Å²) in [6.07, 6.45) is 5.09. The summed E-state index contributed by atoms with van der Waals surface area (Å²) in [5.74, 6) is 2.97. The van der Waals surface area contributed by atoms with Gasteiger partial charge in [-0.15, -0.1) is 0 Å². The third-order valence-corrected chi connectivity index (χ3v) is 5.84. The fourth-order valence-corrected chi connectivity index (χ4v) is 4.47. The Morgan fingerprint density at radius 2 is 1.90 bits per heavy atom. The Balaban J connectivity index is 1.42. The van der Waals surface area contributed by atoms with Crippen molar-refractivity contribution >= 4 is 17.7 Å². The van der Waals surface area contributed by atoms with Crippen molar-refractivity contribution in [3.63, 3.8) is 0 Å². The summed E-state index contributed by atoms with van der Waals surface area (Å²) >= 11 is 2.08. The Kier molecular flexibility index (Phi) is 5.07. The molecule has 1 unspecified atom stereocenters. The van der Waals surface area contributed by atoms with Gasteiger partial charge in [0.15, 0.2) is 5.96 Å². The lowest BCUT2D eigenvalue weighted by Crippen LogP contribution is -2.42. The van der Waals surface area contributed by atoms with Crippen LogP contribution in [0.5, 0.6) is 0 Å². The molecule has 114 valence electrons. The fourth-order valence-electron chi connectivity index (χ4n) is 3.27. The highest BCUT2D eigenvalue weighted by atomic mass is 32.2. The van der Waals surface area contributed by atoms with Gasteiger partial charge in [-0.25, -0.2) is 0 Å². The molecule has 0 radical (unpaired) electrons. The zero-order valence-corrected chi connectivity index (χ0v) is 13.6. The number of hydrogen-bond donors (Lipinski definition) is 2. The summed E-state index contributed by atoms with van der Waals surface area (Å²) in [5.41, 5.74) is 3.05. The summed E-state index contributed by atoms with van der Waals surface area (Å²) in [4.78, 5) is 4.34. The molecule has 1 heterocycles. The Morgan fingerprint density at radius 3 is 2.52 bits per heavy atom. The van der Waals surface area contributed by atoms with E-state index in [1.54, 1.807) is 0 Å². The van der Waals surface area contributed by atoms with Crippen LogP contribution in [0.4, 0.5) is 0 Å². The van der Waals surface area contributed by atoms with Crippen LogP contribution in [0, 0.1) is 5.92 Å². The topological polar surface area (TPSA) is 36.4 Å². The maximum atomic E-state index is 4.34. The van der Waals surface area contributed by atoms with Crippen LogP contribution in [0.15, 0.2) is 29.3 Å². The van der Waals surface area contributed by atoms with Gasteiger partial charge in [0.1, 0.15) is 0 Å². The molecule has 1 atom stereocenters. The quantitative estimate of drug-likeness (QED) is 0.663. The van der Waals surface area contributed by atoms with Crippen LogP contribution in [0.25, 0.3) is 0 Å². The van der Waals surface area contributed by atoms with Crippen molar-refractivity contribution in [2.75, 3.05) is 25.9 Å². The molecule has 0 amide bonds. The molecule has 2 aliphatic rings. The second-order valence-electron chi connectivity index (χ2n) is 6.01. The number of aliphatic imine (C=N–C) groups is 1. The van der Waals surface area contributed by atoms with Crippen LogP contribution in [-0.2, 0) is 12.8 Å². The molecule has 1 aromatic carbocycles. The van der Waals surface area contributed by atoms with Gasteiger partial charge in [-0.2, -0.15) is 11.8 Å². The molecule has 4 heteroatoms. The molecule has 21 heavy (non-hydrogen) atoms. The number of nitrogens with zero attached hydrogens (tertiary/aromatic N) is 1.